The first kappa shape index (κ1) is 11.1. The van der Waals surface area contributed by atoms with Crippen molar-refractivity contribution in [2.45, 2.75) is 0 Å². The zero-order valence-corrected chi connectivity index (χ0v) is 9.01. The number of carboxylic acids is 1. The van der Waals surface area contributed by atoms with E-state index in [9.17, 15) is 9.18 Å². The fraction of sp³-hybridized carbons (Fsp3) is 0.0909. The molecule has 0 aliphatic rings. The summed E-state index contributed by atoms with van der Waals surface area (Å²) in [5.74, 6) is -1.52. The molecule has 1 heterocycles. The third kappa shape index (κ3) is 1.84. The van der Waals surface area contributed by atoms with Crippen LogP contribution < -0.4 is 5.73 Å². The zero-order valence-electron chi connectivity index (χ0n) is 9.01. The number of nitrogens with zero attached hydrogens (tertiary/aromatic N) is 2. The van der Waals surface area contributed by atoms with Crippen LogP contribution in [0.25, 0.3) is 11.3 Å². The van der Waals surface area contributed by atoms with Crippen molar-refractivity contribution in [2.75, 3.05) is 5.73 Å². The second kappa shape index (κ2) is 3.89. The summed E-state index contributed by atoms with van der Waals surface area (Å²) in [7, 11) is 1.49. The highest BCUT2D eigenvalue weighted by atomic mass is 19.1. The molecule has 17 heavy (non-hydrogen) atoms. The Bertz CT molecular complexity index is 575. The van der Waals surface area contributed by atoms with Gasteiger partial charge in [0.15, 0.2) is 5.69 Å². The van der Waals surface area contributed by atoms with Gasteiger partial charge >= 0.3 is 5.97 Å². The Morgan fingerprint density at radius 2 is 2.00 bits per heavy atom. The van der Waals surface area contributed by atoms with E-state index in [0.29, 0.717) is 11.3 Å². The van der Waals surface area contributed by atoms with E-state index in [4.69, 9.17) is 10.8 Å². The molecule has 0 bridgehead atoms. The van der Waals surface area contributed by atoms with E-state index in [1.807, 2.05) is 0 Å². The monoisotopic (exact) mass is 235 g/mol. The molecule has 0 aliphatic heterocycles. The van der Waals surface area contributed by atoms with E-state index >= 15 is 0 Å². The van der Waals surface area contributed by atoms with Crippen molar-refractivity contribution < 1.29 is 14.3 Å². The van der Waals surface area contributed by atoms with Gasteiger partial charge in [-0.15, -0.1) is 0 Å². The van der Waals surface area contributed by atoms with Gasteiger partial charge in [-0.2, -0.15) is 5.10 Å². The molecule has 6 heteroatoms. The lowest BCUT2D eigenvalue weighted by Crippen LogP contribution is -2.07. The predicted molar refractivity (Wildman–Crippen MR) is 60.0 cm³/mol. The number of benzene rings is 1. The lowest BCUT2D eigenvalue weighted by atomic mass is 10.1. The van der Waals surface area contributed by atoms with Crippen LogP contribution in [0.3, 0.4) is 0 Å². The third-order valence-corrected chi connectivity index (χ3v) is 2.40. The fourth-order valence-electron chi connectivity index (χ4n) is 1.61. The van der Waals surface area contributed by atoms with Gasteiger partial charge in [-0.1, -0.05) is 0 Å². The van der Waals surface area contributed by atoms with Crippen LogP contribution in [-0.4, -0.2) is 20.9 Å². The van der Waals surface area contributed by atoms with Crippen LogP contribution in [0.15, 0.2) is 24.3 Å². The van der Waals surface area contributed by atoms with Gasteiger partial charge in [-0.25, -0.2) is 9.18 Å². The van der Waals surface area contributed by atoms with Crippen LogP contribution in [0.2, 0.25) is 0 Å². The SMILES string of the molecule is Cn1nc(-c2ccc(F)cc2)c(N)c1C(=O)O. The van der Waals surface area contributed by atoms with Crippen molar-refractivity contribution in [1.82, 2.24) is 9.78 Å². The number of anilines is 1. The summed E-state index contributed by atoms with van der Waals surface area (Å²) in [6, 6.07) is 5.53. The van der Waals surface area contributed by atoms with Crippen molar-refractivity contribution in [3.05, 3.63) is 35.8 Å². The number of aromatic nitrogens is 2. The summed E-state index contributed by atoms with van der Waals surface area (Å²) in [4.78, 5) is 10.9. The smallest absolute Gasteiger partial charge is 0.356 e. The number of rotatable bonds is 2. The highest BCUT2D eigenvalue weighted by Gasteiger charge is 2.19. The van der Waals surface area contributed by atoms with Crippen molar-refractivity contribution in [3.8, 4) is 11.3 Å². The molecular formula is C11H10FN3O2. The first-order valence-electron chi connectivity index (χ1n) is 4.82. The normalized spacial score (nSPS) is 10.5. The largest absolute Gasteiger partial charge is 0.476 e. The lowest BCUT2D eigenvalue weighted by Gasteiger charge is -1.98. The molecule has 0 aliphatic carbocycles. The molecule has 2 rings (SSSR count). The van der Waals surface area contributed by atoms with Crippen LogP contribution in [0.4, 0.5) is 10.1 Å². The molecule has 0 spiro atoms. The minimum Gasteiger partial charge on any atom is -0.476 e. The predicted octanol–water partition coefficient (Wildman–Crippen LogP) is 1.51. The zero-order chi connectivity index (χ0) is 12.6. The number of carboxylic acid groups (broad SMARTS) is 1. The number of hydrogen-bond donors (Lipinski definition) is 2. The highest BCUT2D eigenvalue weighted by Crippen LogP contribution is 2.27. The molecule has 88 valence electrons. The molecule has 0 amide bonds. The van der Waals surface area contributed by atoms with Gasteiger partial charge in [0.25, 0.3) is 0 Å². The molecule has 2 aromatic rings. The summed E-state index contributed by atoms with van der Waals surface area (Å²) in [6.45, 7) is 0. The van der Waals surface area contributed by atoms with Crippen LogP contribution in [0.5, 0.6) is 0 Å². The van der Waals surface area contributed by atoms with E-state index < -0.39 is 5.97 Å². The maximum Gasteiger partial charge on any atom is 0.356 e. The minimum atomic E-state index is -1.15. The molecule has 0 saturated heterocycles. The topological polar surface area (TPSA) is 81.1 Å². The maximum absolute atomic E-state index is 12.8. The van der Waals surface area contributed by atoms with Gasteiger partial charge in [0.1, 0.15) is 11.5 Å². The highest BCUT2D eigenvalue weighted by molar-refractivity contribution is 5.95. The summed E-state index contributed by atoms with van der Waals surface area (Å²) in [5.41, 5.74) is 6.63. The van der Waals surface area contributed by atoms with Crippen LogP contribution in [0, 0.1) is 5.82 Å². The van der Waals surface area contributed by atoms with E-state index in [-0.39, 0.29) is 17.2 Å². The number of nitrogen functional groups attached to an aromatic ring is 1. The average Bonchev–Trinajstić information content (AvgIpc) is 2.55. The molecule has 0 radical (unpaired) electrons. The quantitative estimate of drug-likeness (QED) is 0.826. The molecule has 1 aromatic heterocycles. The summed E-state index contributed by atoms with van der Waals surface area (Å²) >= 11 is 0. The van der Waals surface area contributed by atoms with Gasteiger partial charge in [-0.3, -0.25) is 4.68 Å². The number of halogens is 1. The maximum atomic E-state index is 12.8. The van der Waals surface area contributed by atoms with E-state index in [1.54, 1.807) is 0 Å². The van der Waals surface area contributed by atoms with E-state index in [0.717, 1.165) is 0 Å². The molecule has 0 atom stereocenters. The first-order chi connectivity index (χ1) is 8.00. The molecule has 5 nitrogen and oxygen atoms in total. The standard InChI is InChI=1S/C11H10FN3O2/c1-15-10(11(16)17)8(13)9(14-15)6-2-4-7(12)5-3-6/h2-5H,13H2,1H3,(H,16,17). The summed E-state index contributed by atoms with van der Waals surface area (Å²) in [6.07, 6.45) is 0. The summed E-state index contributed by atoms with van der Waals surface area (Å²) < 4.78 is 14.0. The molecular weight excluding hydrogens is 225 g/mol. The van der Waals surface area contributed by atoms with Gasteiger partial charge in [0.2, 0.25) is 0 Å². The van der Waals surface area contributed by atoms with Crippen molar-refractivity contribution in [3.63, 3.8) is 0 Å². The minimum absolute atomic E-state index is 0.0756. The molecule has 0 fully saturated rings. The molecule has 0 saturated carbocycles. The Labute approximate surface area is 96.3 Å². The number of carbonyl (C=O) groups is 1. The Balaban J connectivity index is 2.57. The molecule has 0 unspecified atom stereocenters. The van der Waals surface area contributed by atoms with Gasteiger partial charge in [-0.05, 0) is 24.3 Å². The number of aromatic carboxylic acids is 1. The van der Waals surface area contributed by atoms with Gasteiger partial charge < -0.3 is 10.8 Å². The number of aryl methyl sites for hydroxylation is 1. The van der Waals surface area contributed by atoms with Crippen molar-refractivity contribution >= 4 is 11.7 Å². The Morgan fingerprint density at radius 3 is 2.47 bits per heavy atom. The van der Waals surface area contributed by atoms with Gasteiger partial charge in [0.05, 0.1) is 5.69 Å². The Morgan fingerprint density at radius 1 is 1.41 bits per heavy atom. The number of hydrogen-bond acceptors (Lipinski definition) is 3. The van der Waals surface area contributed by atoms with Crippen LogP contribution >= 0.6 is 0 Å². The van der Waals surface area contributed by atoms with E-state index in [1.165, 1.54) is 36.0 Å². The molecule has 1 aromatic carbocycles. The van der Waals surface area contributed by atoms with Crippen LogP contribution in [0.1, 0.15) is 10.5 Å². The first-order valence-corrected chi connectivity index (χ1v) is 4.82. The lowest BCUT2D eigenvalue weighted by molar-refractivity contribution is 0.0686. The van der Waals surface area contributed by atoms with Crippen molar-refractivity contribution in [2.24, 2.45) is 7.05 Å². The molecule has 3 N–H and O–H groups in total. The third-order valence-electron chi connectivity index (χ3n) is 2.40. The fourth-order valence-corrected chi connectivity index (χ4v) is 1.61. The Kier molecular flexibility index (Phi) is 2.55. The van der Waals surface area contributed by atoms with E-state index in [2.05, 4.69) is 5.10 Å². The van der Waals surface area contributed by atoms with Gasteiger partial charge in [0, 0.05) is 12.6 Å². The summed E-state index contributed by atoms with van der Waals surface area (Å²) in [5, 5.41) is 13.0. The number of nitrogens with two attached hydrogens (primary N) is 1. The Hall–Kier alpha value is -2.37. The van der Waals surface area contributed by atoms with Crippen molar-refractivity contribution in [1.29, 1.82) is 0 Å². The average molecular weight is 235 g/mol. The second-order valence-electron chi connectivity index (χ2n) is 3.55. The van der Waals surface area contributed by atoms with Crippen LogP contribution in [-0.2, 0) is 7.05 Å². The second-order valence-corrected chi connectivity index (χ2v) is 3.55.